The largest absolute Gasteiger partial charge is 0.346 e. The molecule has 0 aromatic carbocycles. The van der Waals surface area contributed by atoms with E-state index in [9.17, 15) is 4.57 Å². The summed E-state index contributed by atoms with van der Waals surface area (Å²) in [7, 11) is 0. The summed E-state index contributed by atoms with van der Waals surface area (Å²) < 4.78 is 16.7. The zero-order valence-corrected chi connectivity index (χ0v) is 9.63. The van der Waals surface area contributed by atoms with Gasteiger partial charge in [0, 0.05) is 0 Å². The van der Waals surface area contributed by atoms with E-state index in [2.05, 4.69) is 0 Å². The fraction of sp³-hybridized carbons (Fsp3) is 1.00. The zero-order chi connectivity index (χ0) is 9.03. The second-order valence-electron chi connectivity index (χ2n) is 2.98. The van der Waals surface area contributed by atoms with E-state index in [1.807, 2.05) is 0 Å². The second-order valence-corrected chi connectivity index (χ2v) is 8.89. The van der Waals surface area contributed by atoms with Gasteiger partial charge in [-0.05, 0) is 30.3 Å². The Labute approximate surface area is 82.4 Å². The van der Waals surface area contributed by atoms with Crippen molar-refractivity contribution in [3.05, 3.63) is 0 Å². The van der Waals surface area contributed by atoms with Gasteiger partial charge in [0.25, 0.3) is 0 Å². The lowest BCUT2D eigenvalue weighted by molar-refractivity contribution is 0.168. The van der Waals surface area contributed by atoms with Crippen molar-refractivity contribution >= 4 is 28.5 Å². The molecule has 0 N–H and O–H groups in total. The Morgan fingerprint density at radius 1 is 1.42 bits per heavy atom. The summed E-state index contributed by atoms with van der Waals surface area (Å²) in [5.41, 5.74) is 0. The van der Waals surface area contributed by atoms with Crippen LogP contribution in [0.2, 0.25) is 0 Å². The van der Waals surface area contributed by atoms with Crippen LogP contribution in [0.1, 0.15) is 32.1 Å². The predicted molar refractivity (Wildman–Crippen MR) is 54.9 cm³/mol. The van der Waals surface area contributed by atoms with Crippen LogP contribution in [0.3, 0.4) is 0 Å². The normalized spacial score (nSPS) is 25.2. The minimum absolute atomic E-state index is 0.134. The van der Waals surface area contributed by atoms with Gasteiger partial charge >= 0.3 is 5.92 Å². The van der Waals surface area contributed by atoms with E-state index >= 15 is 0 Å². The molecule has 0 heterocycles. The fourth-order valence-corrected chi connectivity index (χ4v) is 3.01. The van der Waals surface area contributed by atoms with Crippen LogP contribution < -0.4 is 0 Å². The second kappa shape index (κ2) is 4.90. The quantitative estimate of drug-likeness (QED) is 0.682. The van der Waals surface area contributed by atoms with Gasteiger partial charge in [-0.15, -0.1) is 0 Å². The molecule has 0 radical (unpaired) electrons. The first-order valence-corrected chi connectivity index (χ1v) is 8.54. The Morgan fingerprint density at radius 3 is 2.50 bits per heavy atom. The number of hydrogen-bond donors (Lipinski definition) is 0. The van der Waals surface area contributed by atoms with Gasteiger partial charge in [0.15, 0.2) is 0 Å². The Hall–Kier alpha value is 0.830. The highest BCUT2D eigenvalue weighted by molar-refractivity contribution is 8.63. The lowest BCUT2D eigenvalue weighted by Crippen LogP contribution is -2.13. The van der Waals surface area contributed by atoms with E-state index in [0.29, 0.717) is 0 Å². The van der Waals surface area contributed by atoms with Crippen LogP contribution in [0.15, 0.2) is 0 Å². The average molecular weight is 229 g/mol. The van der Waals surface area contributed by atoms with Gasteiger partial charge in [-0.1, -0.05) is 30.6 Å². The standard InChI is InChI=1S/C7H14ClO2PS/c1-12-11(8,9)10-7-5-3-2-4-6-7/h7H,2-6H2,1H3. The minimum atomic E-state index is -2.85. The molecule has 1 aliphatic rings. The Morgan fingerprint density at radius 2 is 2.00 bits per heavy atom. The Bertz CT molecular complexity index is 182. The molecular formula is C7H14ClO2PS. The average Bonchev–Trinajstić information content (AvgIpc) is 2.06. The molecule has 0 amide bonds. The number of hydrogen-bond acceptors (Lipinski definition) is 3. The van der Waals surface area contributed by atoms with Gasteiger partial charge in [-0.3, -0.25) is 4.57 Å². The van der Waals surface area contributed by atoms with Crippen LogP contribution in [0.5, 0.6) is 0 Å². The molecular weight excluding hydrogens is 215 g/mol. The first-order valence-electron chi connectivity index (χ1n) is 4.18. The summed E-state index contributed by atoms with van der Waals surface area (Å²) in [6.45, 7) is 0. The van der Waals surface area contributed by atoms with Gasteiger partial charge in [0.1, 0.15) is 0 Å². The van der Waals surface area contributed by atoms with E-state index in [0.717, 1.165) is 24.2 Å². The predicted octanol–water partition coefficient (Wildman–Crippen LogP) is 4.05. The first kappa shape index (κ1) is 10.9. The van der Waals surface area contributed by atoms with Crippen LogP contribution in [0.25, 0.3) is 0 Å². The molecule has 0 aromatic heterocycles. The zero-order valence-electron chi connectivity index (χ0n) is 7.16. The molecule has 2 nitrogen and oxygen atoms in total. The number of rotatable bonds is 3. The third kappa shape index (κ3) is 3.69. The van der Waals surface area contributed by atoms with Crippen LogP contribution in [0.4, 0.5) is 0 Å². The SMILES string of the molecule is CSP(=O)(Cl)OC1CCCCC1. The maximum absolute atomic E-state index is 11.4. The third-order valence-corrected chi connectivity index (χ3v) is 6.08. The summed E-state index contributed by atoms with van der Waals surface area (Å²) in [5, 5.41) is 0. The monoisotopic (exact) mass is 228 g/mol. The van der Waals surface area contributed by atoms with Gasteiger partial charge in [-0.2, -0.15) is 0 Å². The van der Waals surface area contributed by atoms with Crippen LogP contribution in [-0.4, -0.2) is 12.4 Å². The van der Waals surface area contributed by atoms with E-state index in [1.54, 1.807) is 6.26 Å². The van der Waals surface area contributed by atoms with Crippen LogP contribution in [0, 0.1) is 0 Å². The molecule has 1 rings (SSSR count). The topological polar surface area (TPSA) is 26.3 Å². The molecule has 1 atom stereocenters. The molecule has 0 bridgehead atoms. The van der Waals surface area contributed by atoms with Crippen molar-refractivity contribution in [1.82, 2.24) is 0 Å². The summed E-state index contributed by atoms with van der Waals surface area (Å²) in [6.07, 6.45) is 7.50. The van der Waals surface area contributed by atoms with Crippen molar-refractivity contribution in [2.45, 2.75) is 38.2 Å². The van der Waals surface area contributed by atoms with E-state index in [4.69, 9.17) is 15.8 Å². The summed E-state index contributed by atoms with van der Waals surface area (Å²) in [6, 6.07) is 0. The highest BCUT2D eigenvalue weighted by atomic mass is 35.7. The summed E-state index contributed by atoms with van der Waals surface area (Å²) >= 11 is 6.77. The molecule has 0 aliphatic heterocycles. The fourth-order valence-electron chi connectivity index (χ4n) is 1.39. The van der Waals surface area contributed by atoms with E-state index in [1.165, 1.54) is 19.3 Å². The highest BCUT2D eigenvalue weighted by Crippen LogP contribution is 2.64. The molecule has 1 unspecified atom stereocenters. The third-order valence-electron chi connectivity index (χ3n) is 2.05. The summed E-state index contributed by atoms with van der Waals surface area (Å²) in [5.74, 6) is -2.85. The maximum atomic E-state index is 11.4. The smallest absolute Gasteiger partial charge is 0.307 e. The molecule has 5 heteroatoms. The van der Waals surface area contributed by atoms with E-state index in [-0.39, 0.29) is 6.10 Å². The maximum Gasteiger partial charge on any atom is 0.346 e. The molecule has 12 heavy (non-hydrogen) atoms. The van der Waals surface area contributed by atoms with Crippen LogP contribution in [-0.2, 0) is 9.09 Å². The molecule has 1 saturated carbocycles. The Balaban J connectivity index is 2.34. The van der Waals surface area contributed by atoms with E-state index < -0.39 is 5.92 Å². The van der Waals surface area contributed by atoms with Crippen molar-refractivity contribution in [2.75, 3.05) is 6.26 Å². The molecule has 72 valence electrons. The lowest BCUT2D eigenvalue weighted by atomic mass is 9.98. The van der Waals surface area contributed by atoms with Gasteiger partial charge in [-0.25, -0.2) is 0 Å². The molecule has 0 saturated heterocycles. The lowest BCUT2D eigenvalue weighted by Gasteiger charge is -2.23. The highest BCUT2D eigenvalue weighted by Gasteiger charge is 2.24. The molecule has 1 fully saturated rings. The van der Waals surface area contributed by atoms with Crippen LogP contribution >= 0.6 is 28.5 Å². The summed E-state index contributed by atoms with van der Waals surface area (Å²) in [4.78, 5) is 0. The van der Waals surface area contributed by atoms with Crippen molar-refractivity contribution in [3.8, 4) is 0 Å². The van der Waals surface area contributed by atoms with Gasteiger partial charge in [0.05, 0.1) is 6.10 Å². The van der Waals surface area contributed by atoms with Crippen molar-refractivity contribution in [1.29, 1.82) is 0 Å². The molecule has 0 aromatic rings. The van der Waals surface area contributed by atoms with Crippen molar-refractivity contribution in [2.24, 2.45) is 0 Å². The first-order chi connectivity index (χ1) is 5.64. The van der Waals surface area contributed by atoms with Crippen molar-refractivity contribution in [3.63, 3.8) is 0 Å². The van der Waals surface area contributed by atoms with Crippen molar-refractivity contribution < 1.29 is 9.09 Å². The minimum Gasteiger partial charge on any atom is -0.307 e. The molecule has 0 spiro atoms. The van der Waals surface area contributed by atoms with Gasteiger partial charge in [0.2, 0.25) is 0 Å². The number of halogens is 1. The van der Waals surface area contributed by atoms with Gasteiger partial charge < -0.3 is 4.52 Å². The molecule has 1 aliphatic carbocycles. The Kier molecular flexibility index (Phi) is 4.45.